The first kappa shape index (κ1) is 19.9. The largest absolute Gasteiger partial charge is 0.465 e. The fraction of sp³-hybridized carbons (Fsp3) is 0.364. The average Bonchev–Trinajstić information content (AvgIpc) is 3.22. The number of carbonyl (C=O) groups is 1. The molecule has 1 atom stereocenters. The second-order valence-corrected chi connectivity index (χ2v) is 7.56. The van der Waals surface area contributed by atoms with Crippen molar-refractivity contribution in [2.45, 2.75) is 38.6 Å². The molecule has 1 amide bonds. The van der Waals surface area contributed by atoms with Gasteiger partial charge in [-0.25, -0.2) is 14.8 Å². The molecule has 4 heterocycles. The number of rotatable bonds is 6. The van der Waals surface area contributed by atoms with Gasteiger partial charge in [0.05, 0.1) is 11.3 Å². The molecule has 3 aromatic heterocycles. The first-order valence-corrected chi connectivity index (χ1v) is 10.3. The Hall–Kier alpha value is -3.42. The lowest BCUT2D eigenvalue weighted by Crippen LogP contribution is -2.30. The van der Waals surface area contributed by atoms with Crippen LogP contribution in [-0.4, -0.2) is 49.6 Å². The van der Waals surface area contributed by atoms with Gasteiger partial charge in [0.25, 0.3) is 5.56 Å². The number of aryl methyl sites for hydroxylation is 1. The molecule has 156 valence electrons. The highest BCUT2D eigenvalue weighted by Crippen LogP contribution is 2.22. The zero-order valence-corrected chi connectivity index (χ0v) is 16.9. The summed E-state index contributed by atoms with van der Waals surface area (Å²) in [5.74, 6) is 0.667. The summed E-state index contributed by atoms with van der Waals surface area (Å²) in [6, 6.07) is 9.28. The van der Waals surface area contributed by atoms with Crippen molar-refractivity contribution in [3.63, 3.8) is 0 Å². The molecule has 1 saturated heterocycles. The van der Waals surface area contributed by atoms with Gasteiger partial charge in [0.1, 0.15) is 11.5 Å². The van der Waals surface area contributed by atoms with Gasteiger partial charge in [-0.15, -0.1) is 0 Å². The number of carboxylic acid groups (broad SMARTS) is 1. The monoisotopic (exact) mass is 407 g/mol. The molecule has 4 rings (SSSR count). The summed E-state index contributed by atoms with van der Waals surface area (Å²) in [6.45, 7) is 3.07. The highest BCUT2D eigenvalue weighted by atomic mass is 16.4. The van der Waals surface area contributed by atoms with Gasteiger partial charge in [-0.1, -0.05) is 19.4 Å². The number of nitrogens with one attached hydrogen (secondary N) is 1. The van der Waals surface area contributed by atoms with Crippen molar-refractivity contribution >= 4 is 17.6 Å². The van der Waals surface area contributed by atoms with Crippen LogP contribution in [0.15, 0.2) is 47.5 Å². The smallest absolute Gasteiger partial charge is 0.407 e. The Morgan fingerprint density at radius 2 is 2.17 bits per heavy atom. The highest BCUT2D eigenvalue weighted by molar-refractivity contribution is 5.67. The minimum Gasteiger partial charge on any atom is -0.465 e. The van der Waals surface area contributed by atoms with Gasteiger partial charge in [-0.05, 0) is 43.5 Å². The van der Waals surface area contributed by atoms with Crippen LogP contribution in [0, 0.1) is 0 Å². The zero-order valence-electron chi connectivity index (χ0n) is 16.9. The van der Waals surface area contributed by atoms with Crippen molar-refractivity contribution in [3.8, 4) is 11.1 Å². The van der Waals surface area contributed by atoms with Crippen LogP contribution in [-0.2, 0) is 6.42 Å². The summed E-state index contributed by atoms with van der Waals surface area (Å²) in [5.41, 5.74) is 2.67. The number of anilines is 1. The third-order valence-electron chi connectivity index (χ3n) is 5.44. The number of likely N-dealkylation sites (tertiary alicyclic amines) is 1. The minimum absolute atomic E-state index is 0.0347. The fourth-order valence-electron chi connectivity index (χ4n) is 3.84. The van der Waals surface area contributed by atoms with Gasteiger partial charge >= 0.3 is 6.09 Å². The molecule has 0 radical (unpaired) electrons. The molecule has 30 heavy (non-hydrogen) atoms. The summed E-state index contributed by atoms with van der Waals surface area (Å²) in [5, 5.41) is 12.4. The lowest BCUT2D eigenvalue weighted by Gasteiger charge is -2.15. The van der Waals surface area contributed by atoms with Crippen molar-refractivity contribution in [2.24, 2.45) is 0 Å². The number of fused-ring (bicyclic) bond motifs is 1. The van der Waals surface area contributed by atoms with E-state index in [4.69, 9.17) is 10.1 Å². The van der Waals surface area contributed by atoms with Crippen LogP contribution in [0.5, 0.6) is 0 Å². The first-order valence-electron chi connectivity index (χ1n) is 10.3. The molecular weight excluding hydrogens is 382 g/mol. The van der Waals surface area contributed by atoms with E-state index < -0.39 is 6.09 Å². The molecule has 8 heteroatoms. The molecule has 0 aliphatic carbocycles. The molecule has 1 unspecified atom stereocenters. The molecule has 1 fully saturated rings. The lowest BCUT2D eigenvalue weighted by molar-refractivity contribution is 0.155. The maximum atomic E-state index is 13.2. The summed E-state index contributed by atoms with van der Waals surface area (Å²) >= 11 is 0. The Morgan fingerprint density at radius 3 is 2.87 bits per heavy atom. The summed E-state index contributed by atoms with van der Waals surface area (Å²) < 4.78 is 1.57. The number of unbranched alkanes of at least 4 members (excludes halogenated alkanes) is 1. The van der Waals surface area contributed by atoms with E-state index in [1.807, 2.05) is 30.3 Å². The van der Waals surface area contributed by atoms with E-state index in [0.717, 1.165) is 36.9 Å². The molecule has 0 bridgehead atoms. The Labute approximate surface area is 174 Å². The quantitative estimate of drug-likeness (QED) is 0.651. The van der Waals surface area contributed by atoms with Crippen LogP contribution in [0.3, 0.4) is 0 Å². The standard InChI is InChI=1S/C22H25N5O3/c1-2-3-6-17-20(21(28)27-11-5-4-7-19(27)25-17)15-8-9-18(23-13-15)24-16-10-12-26(14-16)22(29)30/h4-5,7-9,11,13,16H,2-3,6,10,12,14H2,1H3,(H,23,24)(H,29,30). The predicted octanol–water partition coefficient (Wildman–Crippen LogP) is 3.26. The van der Waals surface area contributed by atoms with E-state index in [-0.39, 0.29) is 11.6 Å². The number of hydrogen-bond acceptors (Lipinski definition) is 5. The van der Waals surface area contributed by atoms with E-state index in [0.29, 0.717) is 30.1 Å². The number of pyridine rings is 2. The topological polar surface area (TPSA) is 99.8 Å². The molecule has 8 nitrogen and oxygen atoms in total. The number of nitrogens with zero attached hydrogens (tertiary/aromatic N) is 4. The van der Waals surface area contributed by atoms with E-state index in [1.54, 1.807) is 16.8 Å². The van der Waals surface area contributed by atoms with Crippen LogP contribution in [0.1, 0.15) is 31.9 Å². The molecule has 3 aromatic rings. The summed E-state index contributed by atoms with van der Waals surface area (Å²) in [4.78, 5) is 34.9. The SMILES string of the molecule is CCCCc1nc2ccccn2c(=O)c1-c1ccc(NC2CCN(C(=O)O)C2)nc1. The van der Waals surface area contributed by atoms with Gasteiger partial charge in [-0.3, -0.25) is 9.20 Å². The normalized spacial score (nSPS) is 16.2. The van der Waals surface area contributed by atoms with Gasteiger partial charge < -0.3 is 15.3 Å². The van der Waals surface area contributed by atoms with Crippen molar-refractivity contribution < 1.29 is 9.90 Å². The van der Waals surface area contributed by atoms with Crippen LogP contribution in [0.2, 0.25) is 0 Å². The summed E-state index contributed by atoms with van der Waals surface area (Å²) in [7, 11) is 0. The Morgan fingerprint density at radius 1 is 1.30 bits per heavy atom. The second-order valence-electron chi connectivity index (χ2n) is 7.56. The van der Waals surface area contributed by atoms with Crippen molar-refractivity contribution in [1.29, 1.82) is 0 Å². The van der Waals surface area contributed by atoms with Crippen LogP contribution < -0.4 is 10.9 Å². The average molecular weight is 407 g/mol. The van der Waals surface area contributed by atoms with Gasteiger partial charge in [0.2, 0.25) is 0 Å². The Balaban J connectivity index is 1.62. The number of hydrogen-bond donors (Lipinski definition) is 2. The van der Waals surface area contributed by atoms with Gasteiger partial charge in [0, 0.05) is 37.1 Å². The highest BCUT2D eigenvalue weighted by Gasteiger charge is 2.26. The number of aromatic nitrogens is 3. The van der Waals surface area contributed by atoms with Crippen molar-refractivity contribution in [2.75, 3.05) is 18.4 Å². The molecular formula is C22H25N5O3. The van der Waals surface area contributed by atoms with E-state index in [2.05, 4.69) is 17.2 Å². The third-order valence-corrected chi connectivity index (χ3v) is 5.44. The molecule has 0 aromatic carbocycles. The third kappa shape index (κ3) is 3.98. The van der Waals surface area contributed by atoms with E-state index in [1.165, 1.54) is 4.90 Å². The van der Waals surface area contributed by atoms with Gasteiger partial charge in [-0.2, -0.15) is 0 Å². The molecule has 2 N–H and O–H groups in total. The van der Waals surface area contributed by atoms with E-state index >= 15 is 0 Å². The zero-order chi connectivity index (χ0) is 21.1. The minimum atomic E-state index is -0.897. The van der Waals surface area contributed by atoms with Crippen LogP contribution in [0.25, 0.3) is 16.8 Å². The molecule has 1 aliphatic rings. The Bertz CT molecular complexity index is 1110. The van der Waals surface area contributed by atoms with Gasteiger partial charge in [0.15, 0.2) is 0 Å². The van der Waals surface area contributed by atoms with E-state index in [9.17, 15) is 9.59 Å². The van der Waals surface area contributed by atoms with Crippen LogP contribution >= 0.6 is 0 Å². The summed E-state index contributed by atoms with van der Waals surface area (Å²) in [6.07, 6.45) is 5.98. The fourth-order valence-corrected chi connectivity index (χ4v) is 3.84. The molecule has 1 aliphatic heterocycles. The molecule has 0 saturated carbocycles. The lowest BCUT2D eigenvalue weighted by atomic mass is 10.0. The predicted molar refractivity (Wildman–Crippen MR) is 115 cm³/mol. The van der Waals surface area contributed by atoms with Crippen molar-refractivity contribution in [3.05, 3.63) is 58.8 Å². The second kappa shape index (κ2) is 8.52. The molecule has 0 spiro atoms. The first-order chi connectivity index (χ1) is 14.6. The maximum absolute atomic E-state index is 13.2. The van der Waals surface area contributed by atoms with Crippen LogP contribution in [0.4, 0.5) is 10.6 Å². The number of amides is 1. The Kier molecular flexibility index (Phi) is 5.65. The maximum Gasteiger partial charge on any atom is 0.407 e. The van der Waals surface area contributed by atoms with Crippen molar-refractivity contribution in [1.82, 2.24) is 19.3 Å².